The molecule has 2 aromatic rings. The number of furan rings is 1. The molecule has 0 spiro atoms. The van der Waals surface area contributed by atoms with E-state index in [2.05, 4.69) is 0 Å². The fraction of sp³-hybridized carbons (Fsp3) is 0.214. The summed E-state index contributed by atoms with van der Waals surface area (Å²) >= 11 is 0. The van der Waals surface area contributed by atoms with Gasteiger partial charge in [0.15, 0.2) is 0 Å². The maximum absolute atomic E-state index is 13.8. The SMILES string of the molecule is CC(Cc1ccco1)(C(=O)O)c1c(F)cccc1F. The van der Waals surface area contributed by atoms with Crippen LogP contribution in [0.2, 0.25) is 0 Å². The largest absolute Gasteiger partial charge is 0.481 e. The molecule has 0 aliphatic carbocycles. The third-order valence-electron chi connectivity index (χ3n) is 3.09. The molecule has 100 valence electrons. The van der Waals surface area contributed by atoms with Gasteiger partial charge in [0.1, 0.15) is 22.8 Å². The summed E-state index contributed by atoms with van der Waals surface area (Å²) in [4.78, 5) is 11.5. The lowest BCUT2D eigenvalue weighted by Gasteiger charge is -2.25. The van der Waals surface area contributed by atoms with Crippen molar-refractivity contribution in [1.82, 2.24) is 0 Å². The Bertz CT molecular complexity index is 572. The first-order valence-corrected chi connectivity index (χ1v) is 5.65. The van der Waals surface area contributed by atoms with Crippen LogP contribution in [0.1, 0.15) is 18.2 Å². The molecule has 1 atom stereocenters. The van der Waals surface area contributed by atoms with Gasteiger partial charge in [-0.1, -0.05) is 6.07 Å². The van der Waals surface area contributed by atoms with Crippen molar-refractivity contribution < 1.29 is 23.1 Å². The Labute approximate surface area is 108 Å². The lowest BCUT2D eigenvalue weighted by atomic mass is 9.78. The van der Waals surface area contributed by atoms with Crippen molar-refractivity contribution in [2.75, 3.05) is 0 Å². The van der Waals surface area contributed by atoms with Crippen LogP contribution in [-0.2, 0) is 16.6 Å². The average Bonchev–Trinajstić information content (AvgIpc) is 2.81. The molecule has 0 fully saturated rings. The first-order chi connectivity index (χ1) is 8.95. The number of carbonyl (C=O) groups is 1. The predicted molar refractivity (Wildman–Crippen MR) is 63.8 cm³/mol. The van der Waals surface area contributed by atoms with E-state index in [4.69, 9.17) is 4.42 Å². The number of aliphatic carboxylic acids is 1. The molecule has 19 heavy (non-hydrogen) atoms. The van der Waals surface area contributed by atoms with Gasteiger partial charge >= 0.3 is 5.97 Å². The summed E-state index contributed by atoms with van der Waals surface area (Å²) in [6.45, 7) is 1.28. The number of rotatable bonds is 4. The molecule has 1 heterocycles. The molecule has 2 rings (SSSR count). The molecule has 0 saturated carbocycles. The number of carboxylic acids is 1. The van der Waals surface area contributed by atoms with E-state index in [0.717, 1.165) is 12.1 Å². The molecule has 1 aromatic carbocycles. The van der Waals surface area contributed by atoms with E-state index < -0.39 is 28.6 Å². The highest BCUT2D eigenvalue weighted by Crippen LogP contribution is 2.32. The Morgan fingerprint density at radius 3 is 2.37 bits per heavy atom. The summed E-state index contributed by atoms with van der Waals surface area (Å²) in [5, 5.41) is 9.36. The van der Waals surface area contributed by atoms with E-state index in [1.165, 1.54) is 19.3 Å². The smallest absolute Gasteiger partial charge is 0.314 e. The third-order valence-corrected chi connectivity index (χ3v) is 3.09. The van der Waals surface area contributed by atoms with Gasteiger partial charge in [0.05, 0.1) is 6.26 Å². The van der Waals surface area contributed by atoms with Gasteiger partial charge in [-0.25, -0.2) is 8.78 Å². The molecule has 1 unspecified atom stereocenters. The Kier molecular flexibility index (Phi) is 3.38. The highest BCUT2D eigenvalue weighted by molar-refractivity contribution is 5.81. The van der Waals surface area contributed by atoms with E-state index >= 15 is 0 Å². The van der Waals surface area contributed by atoms with Gasteiger partial charge < -0.3 is 9.52 Å². The van der Waals surface area contributed by atoms with Crippen LogP contribution in [0, 0.1) is 11.6 Å². The van der Waals surface area contributed by atoms with Crippen LogP contribution in [-0.4, -0.2) is 11.1 Å². The third kappa shape index (κ3) is 2.36. The van der Waals surface area contributed by atoms with Gasteiger partial charge in [-0.05, 0) is 31.2 Å². The van der Waals surface area contributed by atoms with Gasteiger partial charge in [-0.3, -0.25) is 4.79 Å². The topological polar surface area (TPSA) is 50.4 Å². The molecule has 0 bridgehead atoms. The highest BCUT2D eigenvalue weighted by atomic mass is 19.1. The molecule has 5 heteroatoms. The average molecular weight is 266 g/mol. The second-order valence-electron chi connectivity index (χ2n) is 4.49. The zero-order valence-corrected chi connectivity index (χ0v) is 10.2. The molecule has 0 radical (unpaired) electrons. The highest BCUT2D eigenvalue weighted by Gasteiger charge is 2.40. The monoisotopic (exact) mass is 266 g/mol. The van der Waals surface area contributed by atoms with E-state index in [0.29, 0.717) is 5.76 Å². The number of hydrogen-bond donors (Lipinski definition) is 1. The Morgan fingerprint density at radius 1 is 1.26 bits per heavy atom. The lowest BCUT2D eigenvalue weighted by Crippen LogP contribution is -2.36. The summed E-state index contributed by atoms with van der Waals surface area (Å²) < 4.78 is 32.7. The van der Waals surface area contributed by atoms with Crippen molar-refractivity contribution in [3.8, 4) is 0 Å². The molecular weight excluding hydrogens is 254 g/mol. The van der Waals surface area contributed by atoms with Crippen molar-refractivity contribution in [2.45, 2.75) is 18.8 Å². The van der Waals surface area contributed by atoms with Crippen molar-refractivity contribution in [2.24, 2.45) is 0 Å². The van der Waals surface area contributed by atoms with Crippen LogP contribution < -0.4 is 0 Å². The summed E-state index contributed by atoms with van der Waals surface area (Å²) in [7, 11) is 0. The van der Waals surface area contributed by atoms with Crippen LogP contribution in [0.15, 0.2) is 41.0 Å². The molecule has 3 nitrogen and oxygen atoms in total. The van der Waals surface area contributed by atoms with E-state index in [1.807, 2.05) is 0 Å². The molecule has 0 aliphatic rings. The van der Waals surface area contributed by atoms with Gasteiger partial charge in [-0.15, -0.1) is 0 Å². The summed E-state index contributed by atoms with van der Waals surface area (Å²) in [6, 6.07) is 6.45. The normalized spacial score (nSPS) is 14.1. The number of halogens is 2. The summed E-state index contributed by atoms with van der Waals surface area (Å²) in [6.07, 6.45) is 1.25. The zero-order valence-electron chi connectivity index (χ0n) is 10.2. The van der Waals surface area contributed by atoms with Crippen LogP contribution in [0.5, 0.6) is 0 Å². The van der Waals surface area contributed by atoms with Crippen molar-refractivity contribution in [1.29, 1.82) is 0 Å². The van der Waals surface area contributed by atoms with E-state index in [-0.39, 0.29) is 6.42 Å². The van der Waals surface area contributed by atoms with E-state index in [1.54, 1.807) is 12.1 Å². The molecule has 0 aliphatic heterocycles. The molecular formula is C14H12F2O3. The van der Waals surface area contributed by atoms with Gasteiger partial charge in [0.25, 0.3) is 0 Å². The number of hydrogen-bond acceptors (Lipinski definition) is 2. The Balaban J connectivity index is 2.53. The molecule has 1 N–H and O–H groups in total. The Hall–Kier alpha value is -2.17. The maximum Gasteiger partial charge on any atom is 0.314 e. The lowest BCUT2D eigenvalue weighted by molar-refractivity contribution is -0.143. The fourth-order valence-electron chi connectivity index (χ4n) is 2.06. The van der Waals surface area contributed by atoms with Crippen molar-refractivity contribution >= 4 is 5.97 Å². The number of carboxylic acid groups (broad SMARTS) is 1. The summed E-state index contributed by atoms with van der Waals surface area (Å²) in [5.74, 6) is -2.71. The minimum atomic E-state index is -1.73. The standard InChI is InChI=1S/C14H12F2O3/c1-14(13(17)18,8-9-4-3-7-19-9)12-10(15)5-2-6-11(12)16/h2-7H,8H2,1H3,(H,17,18). The van der Waals surface area contributed by atoms with Crippen LogP contribution in [0.3, 0.4) is 0 Å². The van der Waals surface area contributed by atoms with Crippen LogP contribution in [0.4, 0.5) is 8.78 Å². The minimum Gasteiger partial charge on any atom is -0.481 e. The number of benzene rings is 1. The summed E-state index contributed by atoms with van der Waals surface area (Å²) in [5.41, 5.74) is -2.19. The molecule has 0 saturated heterocycles. The maximum atomic E-state index is 13.8. The first-order valence-electron chi connectivity index (χ1n) is 5.65. The first kappa shape index (κ1) is 13.3. The van der Waals surface area contributed by atoms with Crippen LogP contribution >= 0.6 is 0 Å². The minimum absolute atomic E-state index is 0.132. The Morgan fingerprint density at radius 2 is 1.89 bits per heavy atom. The molecule has 0 amide bonds. The fourth-order valence-corrected chi connectivity index (χ4v) is 2.06. The predicted octanol–water partition coefficient (Wildman–Crippen LogP) is 3.14. The van der Waals surface area contributed by atoms with Crippen molar-refractivity contribution in [3.05, 3.63) is 59.6 Å². The van der Waals surface area contributed by atoms with Gasteiger partial charge in [-0.2, -0.15) is 0 Å². The zero-order chi connectivity index (χ0) is 14.0. The van der Waals surface area contributed by atoms with Crippen LogP contribution in [0.25, 0.3) is 0 Å². The quantitative estimate of drug-likeness (QED) is 0.924. The molecule has 1 aromatic heterocycles. The second kappa shape index (κ2) is 4.84. The van der Waals surface area contributed by atoms with Gasteiger partial charge in [0.2, 0.25) is 0 Å². The van der Waals surface area contributed by atoms with E-state index in [9.17, 15) is 18.7 Å². The van der Waals surface area contributed by atoms with Gasteiger partial charge in [0, 0.05) is 12.0 Å². The second-order valence-corrected chi connectivity index (χ2v) is 4.49. The van der Waals surface area contributed by atoms with Crippen molar-refractivity contribution in [3.63, 3.8) is 0 Å².